The van der Waals surface area contributed by atoms with Crippen LogP contribution in [0.25, 0.3) is 0 Å². The molecule has 5 nitrogen and oxygen atoms in total. The lowest BCUT2D eigenvalue weighted by Gasteiger charge is -2.14. The van der Waals surface area contributed by atoms with E-state index >= 15 is 0 Å². The summed E-state index contributed by atoms with van der Waals surface area (Å²) in [5, 5.41) is 16.2. The molecule has 0 aliphatic carbocycles. The predicted octanol–water partition coefficient (Wildman–Crippen LogP) is 2.32. The van der Waals surface area contributed by atoms with Gasteiger partial charge < -0.3 is 15.7 Å². The first-order valence-electron chi connectivity index (χ1n) is 6.39. The molecule has 0 aliphatic heterocycles. The average molecular weight is 316 g/mol. The first kappa shape index (κ1) is 16.8. The SMILES string of the molecule is CCc1ccsc1CNC(=O)N[C@@H](CCSC)C(=O)O. The maximum atomic E-state index is 11.7. The molecule has 1 aromatic heterocycles. The van der Waals surface area contributed by atoms with Gasteiger partial charge in [-0.3, -0.25) is 0 Å². The van der Waals surface area contributed by atoms with Gasteiger partial charge in [-0.1, -0.05) is 6.92 Å². The number of carbonyl (C=O) groups is 2. The summed E-state index contributed by atoms with van der Waals surface area (Å²) in [5.41, 5.74) is 1.22. The van der Waals surface area contributed by atoms with Gasteiger partial charge in [-0.15, -0.1) is 11.3 Å². The number of hydrogen-bond donors (Lipinski definition) is 3. The normalized spacial score (nSPS) is 11.9. The van der Waals surface area contributed by atoms with Crippen molar-refractivity contribution in [3.05, 3.63) is 21.9 Å². The number of aryl methyl sites for hydroxylation is 1. The number of aliphatic carboxylic acids is 1. The molecule has 2 amide bonds. The summed E-state index contributed by atoms with van der Waals surface area (Å²) in [6.07, 6.45) is 3.25. The second kappa shape index (κ2) is 8.86. The maximum absolute atomic E-state index is 11.7. The number of thiophene rings is 1. The van der Waals surface area contributed by atoms with Crippen LogP contribution in [0.1, 0.15) is 23.8 Å². The smallest absolute Gasteiger partial charge is 0.326 e. The van der Waals surface area contributed by atoms with Crippen molar-refractivity contribution in [3.8, 4) is 0 Å². The standard InChI is InChI=1S/C13H20N2O3S2/c1-3-9-4-7-20-11(9)8-14-13(18)15-10(12(16)17)5-6-19-2/h4,7,10H,3,5-6,8H2,1-2H3,(H,16,17)(H2,14,15,18)/t10-/m0/s1. The van der Waals surface area contributed by atoms with Crippen molar-refractivity contribution < 1.29 is 14.7 Å². The average Bonchev–Trinajstić information content (AvgIpc) is 2.88. The van der Waals surface area contributed by atoms with Gasteiger partial charge in [-0.25, -0.2) is 9.59 Å². The van der Waals surface area contributed by atoms with E-state index in [1.54, 1.807) is 23.1 Å². The van der Waals surface area contributed by atoms with Crippen molar-refractivity contribution in [2.75, 3.05) is 12.0 Å². The molecule has 7 heteroatoms. The molecule has 0 saturated carbocycles. The lowest BCUT2D eigenvalue weighted by Crippen LogP contribution is -2.46. The third kappa shape index (κ3) is 5.42. The fraction of sp³-hybridized carbons (Fsp3) is 0.538. The topological polar surface area (TPSA) is 78.4 Å². The van der Waals surface area contributed by atoms with Crippen LogP contribution in [-0.4, -0.2) is 35.2 Å². The molecule has 112 valence electrons. The number of carboxylic acids is 1. The van der Waals surface area contributed by atoms with Gasteiger partial charge in [0.05, 0.1) is 6.54 Å². The first-order chi connectivity index (χ1) is 9.58. The zero-order valence-corrected chi connectivity index (χ0v) is 13.3. The Kier molecular flexibility index (Phi) is 7.46. The van der Waals surface area contributed by atoms with Crippen LogP contribution in [0.5, 0.6) is 0 Å². The molecule has 0 saturated heterocycles. The zero-order valence-electron chi connectivity index (χ0n) is 11.6. The maximum Gasteiger partial charge on any atom is 0.326 e. The Labute approximate surface area is 127 Å². The van der Waals surface area contributed by atoms with E-state index in [4.69, 9.17) is 5.11 Å². The molecule has 3 N–H and O–H groups in total. The Balaban J connectivity index is 2.43. The molecule has 20 heavy (non-hydrogen) atoms. The quantitative estimate of drug-likeness (QED) is 0.688. The molecule has 1 atom stereocenters. The highest BCUT2D eigenvalue weighted by molar-refractivity contribution is 7.98. The third-order valence-corrected chi connectivity index (χ3v) is 4.45. The van der Waals surface area contributed by atoms with Gasteiger partial charge in [0.1, 0.15) is 6.04 Å². The summed E-state index contributed by atoms with van der Waals surface area (Å²) in [6.45, 7) is 2.50. The van der Waals surface area contributed by atoms with Crippen molar-refractivity contribution in [2.24, 2.45) is 0 Å². The fourth-order valence-electron chi connectivity index (χ4n) is 1.70. The van der Waals surface area contributed by atoms with E-state index in [-0.39, 0.29) is 0 Å². The number of urea groups is 1. The highest BCUT2D eigenvalue weighted by atomic mass is 32.2. The van der Waals surface area contributed by atoms with Gasteiger partial charge >= 0.3 is 12.0 Å². The molecule has 0 fully saturated rings. The lowest BCUT2D eigenvalue weighted by atomic mass is 10.2. The molecular formula is C13H20N2O3S2. The van der Waals surface area contributed by atoms with Crippen LogP contribution >= 0.6 is 23.1 Å². The van der Waals surface area contributed by atoms with Gasteiger partial charge in [0.15, 0.2) is 0 Å². The van der Waals surface area contributed by atoms with Gasteiger partial charge in [0, 0.05) is 4.88 Å². The summed E-state index contributed by atoms with van der Waals surface area (Å²) in [7, 11) is 0. The van der Waals surface area contributed by atoms with Gasteiger partial charge in [-0.2, -0.15) is 11.8 Å². The minimum absolute atomic E-state index is 0.420. The summed E-state index contributed by atoms with van der Waals surface area (Å²) >= 11 is 3.15. The van der Waals surface area contributed by atoms with Crippen molar-refractivity contribution in [3.63, 3.8) is 0 Å². The number of hydrogen-bond acceptors (Lipinski definition) is 4. The first-order valence-corrected chi connectivity index (χ1v) is 8.67. The molecule has 0 unspecified atom stereocenters. The molecule has 1 aromatic rings. The highest BCUT2D eigenvalue weighted by Gasteiger charge is 2.19. The third-order valence-electron chi connectivity index (χ3n) is 2.84. The molecule has 0 aromatic carbocycles. The Morgan fingerprint density at radius 1 is 1.50 bits per heavy atom. The molecule has 1 heterocycles. The van der Waals surface area contributed by atoms with Gasteiger partial charge in [-0.05, 0) is 41.9 Å². The van der Waals surface area contributed by atoms with Crippen LogP contribution in [-0.2, 0) is 17.8 Å². The zero-order chi connectivity index (χ0) is 15.0. The highest BCUT2D eigenvalue weighted by Crippen LogP contribution is 2.16. The number of carboxylic acid groups (broad SMARTS) is 1. The van der Waals surface area contributed by atoms with Crippen LogP contribution in [0.4, 0.5) is 4.79 Å². The number of rotatable bonds is 8. The molecular weight excluding hydrogens is 296 g/mol. The van der Waals surface area contributed by atoms with Crippen molar-refractivity contribution in [1.82, 2.24) is 10.6 Å². The molecule has 0 spiro atoms. The minimum Gasteiger partial charge on any atom is -0.480 e. The Morgan fingerprint density at radius 2 is 2.25 bits per heavy atom. The number of thioether (sulfide) groups is 1. The van der Waals surface area contributed by atoms with E-state index in [1.807, 2.05) is 17.7 Å². The molecule has 0 radical (unpaired) electrons. The van der Waals surface area contributed by atoms with E-state index in [2.05, 4.69) is 17.6 Å². The van der Waals surface area contributed by atoms with E-state index in [1.165, 1.54) is 5.56 Å². The van der Waals surface area contributed by atoms with E-state index in [0.717, 1.165) is 11.3 Å². The Morgan fingerprint density at radius 3 is 2.85 bits per heavy atom. The number of nitrogens with one attached hydrogen (secondary N) is 2. The second-order valence-electron chi connectivity index (χ2n) is 4.22. The predicted molar refractivity (Wildman–Crippen MR) is 83.5 cm³/mol. The lowest BCUT2D eigenvalue weighted by molar-refractivity contribution is -0.139. The second-order valence-corrected chi connectivity index (χ2v) is 6.21. The minimum atomic E-state index is -1.00. The summed E-state index contributed by atoms with van der Waals surface area (Å²) < 4.78 is 0. The molecule has 0 aliphatic rings. The van der Waals surface area contributed by atoms with E-state index in [0.29, 0.717) is 18.7 Å². The largest absolute Gasteiger partial charge is 0.480 e. The van der Waals surface area contributed by atoms with Crippen LogP contribution in [0.3, 0.4) is 0 Å². The summed E-state index contributed by atoms with van der Waals surface area (Å²) in [6, 6.07) is 0.767. The van der Waals surface area contributed by atoms with Crippen LogP contribution < -0.4 is 10.6 Å². The van der Waals surface area contributed by atoms with Gasteiger partial charge in [0.2, 0.25) is 0 Å². The summed E-state index contributed by atoms with van der Waals surface area (Å²) in [4.78, 5) is 23.9. The molecule has 0 bridgehead atoms. The van der Waals surface area contributed by atoms with Crippen LogP contribution in [0.2, 0.25) is 0 Å². The van der Waals surface area contributed by atoms with Crippen molar-refractivity contribution in [2.45, 2.75) is 32.4 Å². The Hall–Kier alpha value is -1.21. The van der Waals surface area contributed by atoms with Crippen LogP contribution in [0, 0.1) is 0 Å². The van der Waals surface area contributed by atoms with Crippen LogP contribution in [0.15, 0.2) is 11.4 Å². The number of carbonyl (C=O) groups excluding carboxylic acids is 1. The summed E-state index contributed by atoms with van der Waals surface area (Å²) in [5.74, 6) is -0.304. The monoisotopic (exact) mass is 316 g/mol. The fourth-order valence-corrected chi connectivity index (χ4v) is 3.09. The van der Waals surface area contributed by atoms with E-state index in [9.17, 15) is 9.59 Å². The van der Waals surface area contributed by atoms with E-state index < -0.39 is 18.0 Å². The van der Waals surface area contributed by atoms with Gasteiger partial charge in [0.25, 0.3) is 0 Å². The van der Waals surface area contributed by atoms with Crippen molar-refractivity contribution >= 4 is 35.1 Å². The number of amides is 2. The Bertz CT molecular complexity index is 449. The van der Waals surface area contributed by atoms with Crippen molar-refractivity contribution in [1.29, 1.82) is 0 Å². The molecule has 1 rings (SSSR count).